The van der Waals surface area contributed by atoms with Gasteiger partial charge >= 0.3 is 7.69 Å². The fraction of sp³-hybridized carbons (Fsp3) is 0.300. The molecule has 0 spiro atoms. The molecule has 4 nitrogen and oxygen atoms in total. The lowest BCUT2D eigenvalue weighted by molar-refractivity contribution is 0.458. The van der Waals surface area contributed by atoms with E-state index in [1.165, 1.54) is 0 Å². The summed E-state index contributed by atoms with van der Waals surface area (Å²) in [4.78, 5) is 0. The summed E-state index contributed by atoms with van der Waals surface area (Å²) >= 11 is 0. The summed E-state index contributed by atoms with van der Waals surface area (Å²) in [6.07, 6.45) is 3.76. The summed E-state index contributed by atoms with van der Waals surface area (Å²) < 4.78 is 11.2. The second-order valence-corrected chi connectivity index (χ2v) is 6.84. The van der Waals surface area contributed by atoms with Crippen LogP contribution >= 0.6 is 0 Å². The van der Waals surface area contributed by atoms with Crippen LogP contribution < -0.4 is 9.31 Å². The number of hydrogen-bond donors (Lipinski definition) is 0. The van der Waals surface area contributed by atoms with Gasteiger partial charge in [0.2, 0.25) is 0 Å². The monoisotopic (exact) mass is 328 g/mol. The fourth-order valence-corrected chi connectivity index (χ4v) is 3.09. The first-order chi connectivity index (χ1) is 12.2. The van der Waals surface area contributed by atoms with Crippen LogP contribution in [-0.2, 0) is 10.8 Å². The highest BCUT2D eigenvalue weighted by Crippen LogP contribution is 2.48. The summed E-state index contributed by atoms with van der Waals surface area (Å²) in [5, 5.41) is 18.4. The molecule has 0 unspecified atom stereocenters. The third kappa shape index (κ3) is 2.94. The van der Waals surface area contributed by atoms with Gasteiger partial charge in [-0.2, -0.15) is 10.5 Å². The molecule has 0 aromatic heterocycles. The van der Waals surface area contributed by atoms with Crippen LogP contribution in [0.3, 0.4) is 0 Å². The Morgan fingerprint density at radius 3 is 1.32 bits per heavy atom. The van der Waals surface area contributed by atoms with E-state index in [0.717, 1.165) is 48.3 Å². The average Bonchev–Trinajstić information content (AvgIpc) is 3.57. The van der Waals surface area contributed by atoms with Gasteiger partial charge in [-0.3, -0.25) is 0 Å². The van der Waals surface area contributed by atoms with Crippen LogP contribution in [0.2, 0.25) is 0 Å². The van der Waals surface area contributed by atoms with E-state index in [2.05, 4.69) is 12.1 Å². The summed E-state index contributed by atoms with van der Waals surface area (Å²) in [5.74, 6) is 1.44. The van der Waals surface area contributed by atoms with Gasteiger partial charge in [-0.25, -0.2) is 0 Å². The maximum absolute atomic E-state index is 9.22. The summed E-state index contributed by atoms with van der Waals surface area (Å²) in [6.45, 7) is 0. The number of benzene rings is 2. The molecule has 122 valence electrons. The van der Waals surface area contributed by atoms with Crippen molar-refractivity contribution in [2.45, 2.75) is 36.5 Å². The van der Waals surface area contributed by atoms with E-state index < -0.39 is 0 Å². The first-order valence-electron chi connectivity index (χ1n) is 8.49. The van der Waals surface area contributed by atoms with Crippen molar-refractivity contribution in [2.24, 2.45) is 0 Å². The smallest absolute Gasteiger partial charge is 0.529 e. The molecule has 0 bridgehead atoms. The Labute approximate surface area is 147 Å². The van der Waals surface area contributed by atoms with Crippen LogP contribution in [0.25, 0.3) is 0 Å². The van der Waals surface area contributed by atoms with E-state index in [9.17, 15) is 10.5 Å². The van der Waals surface area contributed by atoms with Gasteiger partial charge in [0, 0.05) is 0 Å². The molecule has 4 rings (SSSR count). The van der Waals surface area contributed by atoms with Crippen LogP contribution in [-0.4, -0.2) is 7.69 Å². The van der Waals surface area contributed by atoms with E-state index in [1.54, 1.807) is 0 Å². The zero-order valence-electron chi connectivity index (χ0n) is 13.9. The minimum atomic E-state index is -0.265. The van der Waals surface area contributed by atoms with Gasteiger partial charge < -0.3 is 9.31 Å². The molecule has 2 saturated carbocycles. The molecule has 25 heavy (non-hydrogen) atoms. The van der Waals surface area contributed by atoms with E-state index in [0.29, 0.717) is 0 Å². The molecule has 0 amide bonds. The highest BCUT2D eigenvalue weighted by molar-refractivity contribution is 6.20. The standard InChI is InChI=1S/C20H17BN2O2/c22-13-19(9-10-19)15-1-5-17(6-2-15)24-21-25-18-7-3-16(4-8-18)20(14-23)11-12-20/h1-8,21H,9-12H2. The van der Waals surface area contributed by atoms with E-state index in [-0.39, 0.29) is 18.5 Å². The second-order valence-electron chi connectivity index (χ2n) is 6.84. The molecule has 2 aromatic rings. The van der Waals surface area contributed by atoms with Crippen molar-refractivity contribution >= 4 is 7.69 Å². The third-order valence-corrected chi connectivity index (χ3v) is 5.19. The van der Waals surface area contributed by atoms with Crippen molar-refractivity contribution in [3.63, 3.8) is 0 Å². The van der Waals surface area contributed by atoms with Crippen molar-refractivity contribution in [1.82, 2.24) is 0 Å². The van der Waals surface area contributed by atoms with Gasteiger partial charge in [-0.05, 0) is 61.1 Å². The molecule has 2 fully saturated rings. The normalized spacial score (nSPS) is 18.3. The quantitative estimate of drug-likeness (QED) is 0.761. The fourth-order valence-electron chi connectivity index (χ4n) is 3.09. The minimum Gasteiger partial charge on any atom is -0.529 e. The van der Waals surface area contributed by atoms with Crippen molar-refractivity contribution in [3.8, 4) is 23.6 Å². The van der Waals surface area contributed by atoms with Gasteiger partial charge in [0.05, 0.1) is 23.0 Å². The van der Waals surface area contributed by atoms with Gasteiger partial charge in [-0.15, -0.1) is 0 Å². The summed E-state index contributed by atoms with van der Waals surface area (Å²) in [7, 11) is 0.117. The molecular weight excluding hydrogens is 311 g/mol. The van der Waals surface area contributed by atoms with Crippen LogP contribution in [0, 0.1) is 22.7 Å². The average molecular weight is 328 g/mol. The number of nitriles is 2. The Bertz CT molecular complexity index is 781. The van der Waals surface area contributed by atoms with Crippen molar-refractivity contribution < 1.29 is 9.31 Å². The highest BCUT2D eigenvalue weighted by atomic mass is 16.6. The highest BCUT2D eigenvalue weighted by Gasteiger charge is 2.45. The lowest BCUT2D eigenvalue weighted by atomic mass is 9.98. The van der Waals surface area contributed by atoms with Gasteiger partial charge in [-0.1, -0.05) is 24.3 Å². The molecule has 0 saturated heterocycles. The number of nitrogens with zero attached hydrogens (tertiary/aromatic N) is 2. The molecule has 0 atom stereocenters. The summed E-state index contributed by atoms with van der Waals surface area (Å²) in [5.41, 5.74) is 1.59. The van der Waals surface area contributed by atoms with Crippen molar-refractivity contribution in [2.75, 3.05) is 0 Å². The first kappa shape index (κ1) is 15.6. The van der Waals surface area contributed by atoms with Gasteiger partial charge in [0.25, 0.3) is 0 Å². The molecule has 2 aliphatic rings. The first-order valence-corrected chi connectivity index (χ1v) is 8.49. The molecule has 2 aromatic carbocycles. The zero-order valence-corrected chi connectivity index (χ0v) is 13.9. The van der Waals surface area contributed by atoms with Crippen LogP contribution in [0.15, 0.2) is 48.5 Å². The molecule has 0 N–H and O–H groups in total. The van der Waals surface area contributed by atoms with Crippen molar-refractivity contribution in [3.05, 3.63) is 59.7 Å². The Kier molecular flexibility index (Phi) is 3.66. The lowest BCUT2D eigenvalue weighted by Gasteiger charge is -2.11. The second kappa shape index (κ2) is 5.86. The molecule has 0 radical (unpaired) electrons. The number of hydrogen-bond acceptors (Lipinski definition) is 4. The van der Waals surface area contributed by atoms with E-state index in [1.807, 2.05) is 48.5 Å². The maximum atomic E-state index is 9.22. The lowest BCUT2D eigenvalue weighted by Crippen LogP contribution is -2.11. The van der Waals surface area contributed by atoms with Crippen LogP contribution in [0.1, 0.15) is 36.8 Å². The van der Waals surface area contributed by atoms with E-state index >= 15 is 0 Å². The Morgan fingerprint density at radius 1 is 0.680 bits per heavy atom. The largest absolute Gasteiger partial charge is 0.576 e. The minimum absolute atomic E-state index is 0.117. The molecule has 0 heterocycles. The molecule has 2 aliphatic carbocycles. The summed E-state index contributed by atoms with van der Waals surface area (Å²) in [6, 6.07) is 20.1. The predicted octanol–water partition coefficient (Wildman–Crippen LogP) is 3.52. The zero-order chi connectivity index (χ0) is 17.3. The SMILES string of the molecule is N#CC1(c2ccc(OBOc3ccc(C4(C#N)CC4)cc3)cc2)CC1. The van der Waals surface area contributed by atoms with Gasteiger partial charge in [0.1, 0.15) is 11.5 Å². The van der Waals surface area contributed by atoms with Crippen molar-refractivity contribution in [1.29, 1.82) is 10.5 Å². The topological polar surface area (TPSA) is 66.0 Å². The van der Waals surface area contributed by atoms with Gasteiger partial charge in [0.15, 0.2) is 0 Å². The Morgan fingerprint density at radius 2 is 1.04 bits per heavy atom. The third-order valence-electron chi connectivity index (χ3n) is 5.19. The maximum Gasteiger partial charge on any atom is 0.576 e. The molecule has 5 heteroatoms. The Hall–Kier alpha value is -2.92. The van der Waals surface area contributed by atoms with Crippen LogP contribution in [0.4, 0.5) is 0 Å². The van der Waals surface area contributed by atoms with E-state index in [4.69, 9.17) is 9.31 Å². The Balaban J connectivity index is 1.31. The number of rotatable bonds is 6. The predicted molar refractivity (Wildman–Crippen MR) is 94.3 cm³/mol. The molecular formula is C20H17BN2O2. The molecule has 0 aliphatic heterocycles. The van der Waals surface area contributed by atoms with Crippen LogP contribution in [0.5, 0.6) is 11.5 Å².